The van der Waals surface area contributed by atoms with Crippen molar-refractivity contribution in [3.8, 4) is 23.0 Å². The maximum absolute atomic E-state index is 13.3. The van der Waals surface area contributed by atoms with E-state index in [0.29, 0.717) is 11.5 Å². The third-order valence-electron chi connectivity index (χ3n) is 5.24. The molecule has 0 bridgehead atoms. The number of para-hydroxylation sites is 2. The molecule has 0 saturated heterocycles. The van der Waals surface area contributed by atoms with Crippen molar-refractivity contribution < 1.29 is 23.7 Å². The van der Waals surface area contributed by atoms with E-state index in [9.17, 15) is 4.79 Å². The van der Waals surface area contributed by atoms with Crippen LogP contribution >= 0.6 is 0 Å². The number of ether oxygens (including phenoxy) is 4. The van der Waals surface area contributed by atoms with Crippen LogP contribution in [0.1, 0.15) is 36.8 Å². The Kier molecular flexibility index (Phi) is 4.28. The Morgan fingerprint density at radius 2 is 1.18 bits per heavy atom. The summed E-state index contributed by atoms with van der Waals surface area (Å²) in [6.07, 6.45) is 7.37. The summed E-state index contributed by atoms with van der Waals surface area (Å²) in [4.78, 5) is 13.3. The first kappa shape index (κ1) is 16.9. The Hall–Kier alpha value is -3.21. The van der Waals surface area contributed by atoms with Gasteiger partial charge in [-0.15, -0.1) is 0 Å². The van der Waals surface area contributed by atoms with Gasteiger partial charge in [0.2, 0.25) is 13.6 Å². The van der Waals surface area contributed by atoms with Gasteiger partial charge in [0.05, 0.1) is 0 Å². The maximum Gasteiger partial charge on any atom is 0.231 e. The zero-order valence-corrected chi connectivity index (χ0v) is 15.4. The van der Waals surface area contributed by atoms with Gasteiger partial charge in [-0.2, -0.15) is 0 Å². The van der Waals surface area contributed by atoms with Crippen molar-refractivity contribution in [2.24, 2.45) is 0 Å². The number of fused-ring (bicyclic) bond motifs is 2. The highest BCUT2D eigenvalue weighted by atomic mass is 16.7. The lowest BCUT2D eigenvalue weighted by atomic mass is 9.97. The monoisotopic (exact) mass is 376 g/mol. The van der Waals surface area contributed by atoms with Crippen molar-refractivity contribution in [1.82, 2.24) is 0 Å². The first-order chi connectivity index (χ1) is 13.8. The average Bonchev–Trinajstić information content (AvgIpc) is 3.35. The molecule has 0 atom stereocenters. The largest absolute Gasteiger partial charge is 0.454 e. The van der Waals surface area contributed by atoms with Crippen molar-refractivity contribution in [1.29, 1.82) is 0 Å². The van der Waals surface area contributed by atoms with Crippen LogP contribution in [0.3, 0.4) is 0 Å². The standard InChI is InChI=1S/C23H20O5/c24-21-15(11-17-7-3-9-19-22(17)27-13-25-19)5-1-2-6-16(21)12-18-8-4-10-20-23(18)28-14-26-20/h3-4,7-12H,1-2,5-6,13-14H2. The summed E-state index contributed by atoms with van der Waals surface area (Å²) in [6, 6.07) is 11.5. The molecule has 3 aliphatic rings. The fourth-order valence-electron chi connectivity index (χ4n) is 3.85. The molecular weight excluding hydrogens is 356 g/mol. The summed E-state index contributed by atoms with van der Waals surface area (Å²) >= 11 is 0. The van der Waals surface area contributed by atoms with Gasteiger partial charge in [0.1, 0.15) is 0 Å². The highest BCUT2D eigenvalue weighted by molar-refractivity contribution is 6.13. The van der Waals surface area contributed by atoms with E-state index in [-0.39, 0.29) is 19.4 Å². The molecular formula is C23H20O5. The van der Waals surface area contributed by atoms with Crippen molar-refractivity contribution in [2.75, 3.05) is 13.6 Å². The van der Waals surface area contributed by atoms with E-state index in [2.05, 4.69) is 0 Å². The smallest absolute Gasteiger partial charge is 0.231 e. The molecule has 2 aromatic carbocycles. The zero-order valence-electron chi connectivity index (χ0n) is 15.4. The minimum atomic E-state index is 0.0885. The minimum Gasteiger partial charge on any atom is -0.454 e. The second kappa shape index (κ2) is 7.08. The summed E-state index contributed by atoms with van der Waals surface area (Å²) in [5.41, 5.74) is 3.38. The van der Waals surface area contributed by atoms with Gasteiger partial charge in [0.15, 0.2) is 28.8 Å². The van der Waals surface area contributed by atoms with E-state index in [1.165, 1.54) is 0 Å². The number of hydrogen-bond acceptors (Lipinski definition) is 5. The lowest BCUT2D eigenvalue weighted by molar-refractivity contribution is -0.112. The van der Waals surface area contributed by atoms with E-state index in [4.69, 9.17) is 18.9 Å². The summed E-state index contributed by atoms with van der Waals surface area (Å²) in [5, 5.41) is 0. The van der Waals surface area contributed by atoms with Crippen LogP contribution in [-0.4, -0.2) is 19.4 Å². The average molecular weight is 376 g/mol. The van der Waals surface area contributed by atoms with Crippen molar-refractivity contribution in [2.45, 2.75) is 25.7 Å². The molecule has 0 aromatic heterocycles. The van der Waals surface area contributed by atoms with Gasteiger partial charge in [0.25, 0.3) is 0 Å². The molecule has 0 N–H and O–H groups in total. The SMILES string of the molecule is O=C1C(=Cc2cccc3c2OCO3)CCCCC1=Cc1cccc2c1OCO2. The van der Waals surface area contributed by atoms with Crippen molar-refractivity contribution in [3.05, 3.63) is 58.7 Å². The van der Waals surface area contributed by atoms with Crippen LogP contribution in [0.4, 0.5) is 0 Å². The summed E-state index contributed by atoms with van der Waals surface area (Å²) in [7, 11) is 0. The molecule has 5 rings (SSSR count). The summed E-state index contributed by atoms with van der Waals surface area (Å²) < 4.78 is 22.1. The molecule has 0 radical (unpaired) electrons. The lowest BCUT2D eigenvalue weighted by Gasteiger charge is -2.08. The highest BCUT2D eigenvalue weighted by Crippen LogP contribution is 2.39. The fourth-order valence-corrected chi connectivity index (χ4v) is 3.85. The number of rotatable bonds is 2. The second-order valence-corrected chi connectivity index (χ2v) is 7.04. The number of carbonyl (C=O) groups is 1. The molecule has 5 nitrogen and oxygen atoms in total. The molecule has 2 aliphatic heterocycles. The highest BCUT2D eigenvalue weighted by Gasteiger charge is 2.23. The van der Waals surface area contributed by atoms with Gasteiger partial charge in [-0.25, -0.2) is 0 Å². The molecule has 0 unspecified atom stereocenters. The topological polar surface area (TPSA) is 54.0 Å². The van der Waals surface area contributed by atoms with Gasteiger partial charge in [-0.3, -0.25) is 4.79 Å². The number of Topliss-reactive ketones (excluding diaryl/α,β-unsaturated/α-hetero) is 1. The molecule has 1 fully saturated rings. The van der Waals surface area contributed by atoms with Gasteiger partial charge in [0, 0.05) is 22.3 Å². The molecule has 0 spiro atoms. The molecule has 2 heterocycles. The Morgan fingerprint density at radius 3 is 1.68 bits per heavy atom. The Morgan fingerprint density at radius 1 is 0.679 bits per heavy atom. The third-order valence-corrected chi connectivity index (χ3v) is 5.24. The Balaban J connectivity index is 1.51. The van der Waals surface area contributed by atoms with E-state index < -0.39 is 0 Å². The van der Waals surface area contributed by atoms with E-state index in [1.54, 1.807) is 0 Å². The molecule has 142 valence electrons. The van der Waals surface area contributed by atoms with E-state index in [0.717, 1.165) is 59.5 Å². The van der Waals surface area contributed by atoms with Crippen LogP contribution in [0.5, 0.6) is 23.0 Å². The van der Waals surface area contributed by atoms with Gasteiger partial charge >= 0.3 is 0 Å². The maximum atomic E-state index is 13.3. The predicted molar refractivity (Wildman–Crippen MR) is 105 cm³/mol. The molecule has 0 amide bonds. The predicted octanol–water partition coefficient (Wildman–Crippen LogP) is 4.75. The number of benzene rings is 2. The van der Waals surface area contributed by atoms with E-state index >= 15 is 0 Å². The third kappa shape index (κ3) is 3.03. The fraction of sp³-hybridized carbons (Fsp3) is 0.261. The Labute approximate surface area is 163 Å². The Bertz CT molecular complexity index is 923. The van der Waals surface area contributed by atoms with Crippen LogP contribution < -0.4 is 18.9 Å². The van der Waals surface area contributed by atoms with Crippen molar-refractivity contribution in [3.63, 3.8) is 0 Å². The van der Waals surface area contributed by atoms with Crippen LogP contribution in [0.2, 0.25) is 0 Å². The minimum absolute atomic E-state index is 0.0885. The number of carbonyl (C=O) groups excluding carboxylic acids is 1. The lowest BCUT2D eigenvalue weighted by Crippen LogP contribution is -2.04. The van der Waals surface area contributed by atoms with Crippen molar-refractivity contribution >= 4 is 17.9 Å². The van der Waals surface area contributed by atoms with Crippen LogP contribution in [0.15, 0.2) is 47.5 Å². The number of ketones is 1. The van der Waals surface area contributed by atoms with Gasteiger partial charge < -0.3 is 18.9 Å². The summed E-state index contributed by atoms with van der Waals surface area (Å²) in [5.74, 6) is 2.96. The summed E-state index contributed by atoms with van der Waals surface area (Å²) in [6.45, 7) is 0.436. The number of allylic oxidation sites excluding steroid dienone is 2. The number of hydrogen-bond donors (Lipinski definition) is 0. The molecule has 5 heteroatoms. The molecule has 1 saturated carbocycles. The van der Waals surface area contributed by atoms with Gasteiger partial charge in [-0.1, -0.05) is 24.3 Å². The van der Waals surface area contributed by atoms with Gasteiger partial charge in [-0.05, 0) is 50.0 Å². The quantitative estimate of drug-likeness (QED) is 0.559. The molecule has 1 aliphatic carbocycles. The van der Waals surface area contributed by atoms with Crippen LogP contribution in [0, 0.1) is 0 Å². The van der Waals surface area contributed by atoms with E-state index in [1.807, 2.05) is 48.6 Å². The normalized spacial score (nSPS) is 20.6. The second-order valence-electron chi connectivity index (χ2n) is 7.04. The zero-order chi connectivity index (χ0) is 18.9. The molecule has 28 heavy (non-hydrogen) atoms. The van der Waals surface area contributed by atoms with Crippen LogP contribution in [-0.2, 0) is 4.79 Å². The first-order valence-electron chi connectivity index (χ1n) is 9.53. The van der Waals surface area contributed by atoms with Crippen LogP contribution in [0.25, 0.3) is 12.2 Å². The first-order valence-corrected chi connectivity index (χ1v) is 9.53. The molecule has 2 aromatic rings.